The lowest BCUT2D eigenvalue weighted by atomic mass is 10.2. The number of benzene rings is 1. The van der Waals surface area contributed by atoms with Crippen LogP contribution >= 0.6 is 39.9 Å². The molecule has 1 fully saturated rings. The number of primary amides is 1. The van der Waals surface area contributed by atoms with Crippen molar-refractivity contribution in [2.75, 3.05) is 6.54 Å². The molecule has 0 radical (unpaired) electrons. The summed E-state index contributed by atoms with van der Waals surface area (Å²) in [5, 5.41) is 0. The minimum Gasteiger partial charge on any atom is -0.457 e. The van der Waals surface area contributed by atoms with Gasteiger partial charge in [0.2, 0.25) is 5.91 Å². The Kier molecular flexibility index (Phi) is 5.41. The lowest BCUT2D eigenvalue weighted by Gasteiger charge is -2.12. The Labute approximate surface area is 162 Å². The number of furan rings is 1. The summed E-state index contributed by atoms with van der Waals surface area (Å²) in [6.07, 6.45) is 1.74. The number of halogens is 1. The molecule has 1 aliphatic heterocycles. The van der Waals surface area contributed by atoms with E-state index >= 15 is 0 Å². The van der Waals surface area contributed by atoms with Crippen molar-refractivity contribution in [2.24, 2.45) is 5.73 Å². The van der Waals surface area contributed by atoms with Crippen molar-refractivity contribution < 1.29 is 14.0 Å². The molecule has 0 atom stereocenters. The Balaban J connectivity index is 1.77. The van der Waals surface area contributed by atoms with Gasteiger partial charge in [0, 0.05) is 29.1 Å². The first kappa shape index (κ1) is 17.9. The maximum absolute atomic E-state index is 12.4. The van der Waals surface area contributed by atoms with Crippen LogP contribution in [0.1, 0.15) is 12.2 Å². The first-order valence-corrected chi connectivity index (χ1v) is 9.35. The van der Waals surface area contributed by atoms with Crippen LogP contribution in [0.2, 0.25) is 0 Å². The second-order valence-electron chi connectivity index (χ2n) is 5.26. The smallest absolute Gasteiger partial charge is 0.266 e. The summed E-state index contributed by atoms with van der Waals surface area (Å²) in [6.45, 7) is 0.194. The van der Waals surface area contributed by atoms with Gasteiger partial charge in [-0.15, -0.1) is 0 Å². The maximum atomic E-state index is 12.4. The number of thioether (sulfide) groups is 1. The van der Waals surface area contributed by atoms with E-state index in [0.717, 1.165) is 10.0 Å². The Morgan fingerprint density at radius 3 is 2.68 bits per heavy atom. The van der Waals surface area contributed by atoms with Gasteiger partial charge < -0.3 is 10.2 Å². The van der Waals surface area contributed by atoms with Gasteiger partial charge in [-0.25, -0.2) is 0 Å². The van der Waals surface area contributed by atoms with Gasteiger partial charge in [-0.1, -0.05) is 52.0 Å². The van der Waals surface area contributed by atoms with E-state index < -0.39 is 5.91 Å². The summed E-state index contributed by atoms with van der Waals surface area (Å²) in [7, 11) is 0. The van der Waals surface area contributed by atoms with Crippen molar-refractivity contribution in [1.29, 1.82) is 0 Å². The van der Waals surface area contributed by atoms with E-state index in [1.54, 1.807) is 12.1 Å². The minimum atomic E-state index is -0.469. The topological polar surface area (TPSA) is 76.5 Å². The van der Waals surface area contributed by atoms with Gasteiger partial charge in [0.25, 0.3) is 5.91 Å². The highest BCUT2D eigenvalue weighted by Crippen LogP contribution is 2.33. The zero-order chi connectivity index (χ0) is 18.0. The molecule has 2 aromatic rings. The first-order chi connectivity index (χ1) is 11.9. The van der Waals surface area contributed by atoms with Crippen LogP contribution in [-0.2, 0) is 9.59 Å². The summed E-state index contributed by atoms with van der Waals surface area (Å²) in [5.41, 5.74) is 6.07. The van der Waals surface area contributed by atoms with Crippen molar-refractivity contribution in [1.82, 2.24) is 4.90 Å². The van der Waals surface area contributed by atoms with E-state index in [2.05, 4.69) is 15.9 Å². The third-order valence-electron chi connectivity index (χ3n) is 3.48. The molecule has 25 heavy (non-hydrogen) atoms. The number of thiocarbonyl (C=S) groups is 1. The molecule has 0 bridgehead atoms. The van der Waals surface area contributed by atoms with Gasteiger partial charge in [0.05, 0.1) is 4.91 Å². The first-order valence-electron chi connectivity index (χ1n) is 7.33. The molecule has 0 saturated carbocycles. The lowest BCUT2D eigenvalue weighted by molar-refractivity contribution is -0.123. The van der Waals surface area contributed by atoms with Crippen LogP contribution in [0.25, 0.3) is 17.4 Å². The molecule has 1 aromatic carbocycles. The number of hydrogen-bond donors (Lipinski definition) is 1. The van der Waals surface area contributed by atoms with Crippen LogP contribution in [-0.4, -0.2) is 27.6 Å². The molecule has 1 aliphatic rings. The fraction of sp³-hybridized carbons (Fsp3) is 0.118. The third kappa shape index (κ3) is 4.20. The molecule has 2 amide bonds. The molecule has 1 aromatic heterocycles. The Morgan fingerprint density at radius 2 is 2.00 bits per heavy atom. The van der Waals surface area contributed by atoms with Gasteiger partial charge in [-0.3, -0.25) is 14.5 Å². The fourth-order valence-corrected chi connectivity index (χ4v) is 3.80. The van der Waals surface area contributed by atoms with Crippen LogP contribution in [0.3, 0.4) is 0 Å². The molecule has 1 saturated heterocycles. The van der Waals surface area contributed by atoms with Crippen LogP contribution in [0.15, 0.2) is 50.2 Å². The summed E-state index contributed by atoms with van der Waals surface area (Å²) in [4.78, 5) is 25.1. The monoisotopic (exact) mass is 436 g/mol. The van der Waals surface area contributed by atoms with Gasteiger partial charge in [0.15, 0.2) is 0 Å². The van der Waals surface area contributed by atoms with Crippen molar-refractivity contribution in [2.45, 2.75) is 6.42 Å². The van der Waals surface area contributed by atoms with Crippen LogP contribution in [0.4, 0.5) is 0 Å². The fourth-order valence-electron chi connectivity index (χ4n) is 2.24. The molecule has 2 N–H and O–H groups in total. The normalized spacial score (nSPS) is 16.0. The number of nitrogens with two attached hydrogens (primary N) is 1. The highest BCUT2D eigenvalue weighted by atomic mass is 79.9. The van der Waals surface area contributed by atoms with Crippen molar-refractivity contribution >= 4 is 62.1 Å². The third-order valence-corrected chi connectivity index (χ3v) is 5.39. The molecule has 0 aliphatic carbocycles. The van der Waals surface area contributed by atoms with E-state index in [1.165, 1.54) is 16.7 Å². The molecule has 8 heteroatoms. The van der Waals surface area contributed by atoms with Crippen LogP contribution < -0.4 is 5.73 Å². The predicted octanol–water partition coefficient (Wildman–Crippen LogP) is 3.79. The number of nitrogens with zero attached hydrogens (tertiary/aromatic N) is 1. The van der Waals surface area contributed by atoms with Crippen LogP contribution in [0.5, 0.6) is 0 Å². The molecule has 128 valence electrons. The molecule has 2 heterocycles. The molecule has 5 nitrogen and oxygen atoms in total. The lowest BCUT2D eigenvalue weighted by Crippen LogP contribution is -2.31. The van der Waals surface area contributed by atoms with Gasteiger partial charge in [-0.05, 0) is 24.3 Å². The Morgan fingerprint density at radius 1 is 1.28 bits per heavy atom. The predicted molar refractivity (Wildman–Crippen MR) is 106 cm³/mol. The van der Waals surface area contributed by atoms with Gasteiger partial charge in [0.1, 0.15) is 15.8 Å². The summed E-state index contributed by atoms with van der Waals surface area (Å²) >= 11 is 9.78. The Hall–Kier alpha value is -1.90. The van der Waals surface area contributed by atoms with E-state index in [9.17, 15) is 9.59 Å². The Bertz CT molecular complexity index is 874. The number of rotatable bonds is 5. The second-order valence-corrected chi connectivity index (χ2v) is 7.85. The summed E-state index contributed by atoms with van der Waals surface area (Å²) in [5.74, 6) is 0.567. The number of carbonyl (C=O) groups is 2. The van der Waals surface area contributed by atoms with Crippen molar-refractivity contribution in [3.63, 3.8) is 0 Å². The average Bonchev–Trinajstić information content (AvgIpc) is 3.12. The van der Waals surface area contributed by atoms with Crippen molar-refractivity contribution in [3.8, 4) is 11.3 Å². The molecular formula is C17H13BrN2O3S2. The summed E-state index contributed by atoms with van der Waals surface area (Å²) < 4.78 is 7.20. The second kappa shape index (κ2) is 7.55. The molecule has 0 spiro atoms. The van der Waals surface area contributed by atoms with E-state index in [4.69, 9.17) is 22.4 Å². The minimum absolute atomic E-state index is 0.0776. The zero-order valence-electron chi connectivity index (χ0n) is 12.9. The SMILES string of the molecule is NC(=O)CCN1C(=O)/C(=C\c2ccc(-c3ccc(Br)cc3)o2)SC1=S. The highest BCUT2D eigenvalue weighted by Gasteiger charge is 2.32. The van der Waals surface area contributed by atoms with Gasteiger partial charge in [-0.2, -0.15) is 0 Å². The largest absolute Gasteiger partial charge is 0.457 e. The standard InChI is InChI=1S/C17H13BrN2O3S2/c18-11-3-1-10(2-4-11)13-6-5-12(23-13)9-14-16(22)20(17(24)25-14)8-7-15(19)21/h1-6,9H,7-8H2,(H2,19,21)/b14-9+. The number of amides is 2. The average molecular weight is 437 g/mol. The molecule has 0 unspecified atom stereocenters. The zero-order valence-corrected chi connectivity index (χ0v) is 16.1. The van der Waals surface area contributed by atoms with E-state index in [-0.39, 0.29) is 18.9 Å². The summed E-state index contributed by atoms with van der Waals surface area (Å²) in [6, 6.07) is 11.4. The number of hydrogen-bond acceptors (Lipinski definition) is 5. The van der Waals surface area contributed by atoms with E-state index in [0.29, 0.717) is 20.7 Å². The van der Waals surface area contributed by atoms with Crippen molar-refractivity contribution in [3.05, 3.63) is 51.5 Å². The van der Waals surface area contributed by atoms with Gasteiger partial charge >= 0.3 is 0 Å². The highest BCUT2D eigenvalue weighted by molar-refractivity contribution is 9.10. The van der Waals surface area contributed by atoms with Crippen LogP contribution in [0, 0.1) is 0 Å². The maximum Gasteiger partial charge on any atom is 0.266 e. The molecule has 3 rings (SSSR count). The quantitative estimate of drug-likeness (QED) is 0.569. The number of carbonyl (C=O) groups excluding carboxylic acids is 2. The van der Waals surface area contributed by atoms with E-state index in [1.807, 2.05) is 30.3 Å². The molecular weight excluding hydrogens is 424 g/mol.